The maximum Gasteiger partial charge on any atom is 0.162 e. The van der Waals surface area contributed by atoms with Crippen LogP contribution >= 0.6 is 0 Å². The number of halogens is 3. The van der Waals surface area contributed by atoms with E-state index in [4.69, 9.17) is 0 Å². The lowest BCUT2D eigenvalue weighted by Gasteiger charge is -2.20. The molecule has 1 rings (SSSR count). The van der Waals surface area contributed by atoms with Crippen molar-refractivity contribution in [3.05, 3.63) is 0 Å². The molecule has 1 aliphatic carbocycles. The molecule has 0 nitrogen and oxygen atoms in total. The van der Waals surface area contributed by atoms with Gasteiger partial charge in [-0.25, -0.2) is 13.2 Å². The minimum absolute atomic E-state index is 0.181. The Morgan fingerprint density at radius 3 is 2.13 bits per heavy atom. The van der Waals surface area contributed by atoms with Crippen LogP contribution in [0.1, 0.15) is 40.0 Å². The van der Waals surface area contributed by atoms with Crippen LogP contribution in [-0.2, 0) is 0 Å². The lowest BCUT2D eigenvalue weighted by atomic mass is 9.90. The largest absolute Gasteiger partial charge is 0.244 e. The zero-order valence-corrected chi connectivity index (χ0v) is 9.72. The van der Waals surface area contributed by atoms with Gasteiger partial charge in [-0.3, -0.25) is 0 Å². The van der Waals surface area contributed by atoms with Gasteiger partial charge in [0.15, 0.2) is 6.17 Å². The number of hydrogen-bond acceptors (Lipinski definition) is 0. The standard InChI is InChI=1S/C12H21F3/c1-7-4-8(2)10(5-7)6-11(14)12(15)9(3)13/h7-12H,4-6H2,1-3H3. The van der Waals surface area contributed by atoms with Crippen LogP contribution in [0.2, 0.25) is 0 Å². The molecular formula is C12H21F3. The van der Waals surface area contributed by atoms with Gasteiger partial charge in [0.1, 0.15) is 12.3 Å². The van der Waals surface area contributed by atoms with Crippen molar-refractivity contribution in [3.63, 3.8) is 0 Å². The Labute approximate surface area is 90.2 Å². The van der Waals surface area contributed by atoms with Gasteiger partial charge in [0.2, 0.25) is 0 Å². The van der Waals surface area contributed by atoms with Crippen molar-refractivity contribution in [2.75, 3.05) is 0 Å². The molecule has 1 aliphatic rings. The second-order valence-electron chi connectivity index (χ2n) is 5.19. The molecule has 0 aromatic rings. The molecule has 0 heterocycles. The lowest BCUT2D eigenvalue weighted by molar-refractivity contribution is 0.0720. The second-order valence-corrected chi connectivity index (χ2v) is 5.19. The molecule has 15 heavy (non-hydrogen) atoms. The van der Waals surface area contributed by atoms with Crippen molar-refractivity contribution in [2.45, 2.75) is 58.5 Å². The fraction of sp³-hybridized carbons (Fsp3) is 1.00. The molecule has 0 spiro atoms. The minimum Gasteiger partial charge on any atom is -0.244 e. The van der Waals surface area contributed by atoms with Crippen LogP contribution < -0.4 is 0 Å². The summed E-state index contributed by atoms with van der Waals surface area (Å²) in [5.74, 6) is 1.27. The third-order valence-electron chi connectivity index (χ3n) is 3.60. The van der Waals surface area contributed by atoms with E-state index in [2.05, 4.69) is 13.8 Å². The Kier molecular flexibility index (Phi) is 4.47. The van der Waals surface area contributed by atoms with E-state index in [1.165, 1.54) is 0 Å². The first-order valence-corrected chi connectivity index (χ1v) is 5.84. The zero-order chi connectivity index (χ0) is 11.6. The van der Waals surface area contributed by atoms with Crippen LogP contribution in [0.3, 0.4) is 0 Å². The van der Waals surface area contributed by atoms with Gasteiger partial charge in [-0.2, -0.15) is 0 Å². The Hall–Kier alpha value is -0.210. The average Bonchev–Trinajstić information content (AvgIpc) is 2.43. The summed E-state index contributed by atoms with van der Waals surface area (Å²) in [7, 11) is 0. The van der Waals surface area contributed by atoms with E-state index in [-0.39, 0.29) is 12.3 Å². The smallest absolute Gasteiger partial charge is 0.162 e. The van der Waals surface area contributed by atoms with Crippen molar-refractivity contribution in [1.82, 2.24) is 0 Å². The average molecular weight is 222 g/mol. The summed E-state index contributed by atoms with van der Waals surface area (Å²) in [5.41, 5.74) is 0. The third-order valence-corrected chi connectivity index (χ3v) is 3.60. The molecule has 0 amide bonds. The summed E-state index contributed by atoms with van der Waals surface area (Å²) < 4.78 is 39.0. The predicted octanol–water partition coefficient (Wildman–Crippen LogP) is 4.09. The van der Waals surface area contributed by atoms with E-state index in [1.807, 2.05) is 0 Å². The van der Waals surface area contributed by atoms with Gasteiger partial charge in [-0.15, -0.1) is 0 Å². The van der Waals surface area contributed by atoms with Crippen molar-refractivity contribution >= 4 is 0 Å². The molecule has 0 radical (unpaired) electrons. The topological polar surface area (TPSA) is 0 Å². The van der Waals surface area contributed by atoms with Gasteiger partial charge < -0.3 is 0 Å². The highest BCUT2D eigenvalue weighted by Crippen LogP contribution is 2.39. The molecule has 0 aromatic heterocycles. The maximum absolute atomic E-state index is 13.4. The SMILES string of the molecule is CC1CC(C)C(CC(F)C(F)C(C)F)C1. The first-order chi connectivity index (χ1) is 6.91. The minimum atomic E-state index is -1.95. The highest BCUT2D eigenvalue weighted by Gasteiger charge is 2.34. The molecule has 0 aromatic carbocycles. The van der Waals surface area contributed by atoms with Gasteiger partial charge in [-0.05, 0) is 43.9 Å². The Bertz CT molecular complexity index is 193. The van der Waals surface area contributed by atoms with Gasteiger partial charge in [0, 0.05) is 0 Å². The molecule has 0 aliphatic heterocycles. The first kappa shape index (κ1) is 12.9. The first-order valence-electron chi connectivity index (χ1n) is 5.84. The Balaban J connectivity index is 2.41. The van der Waals surface area contributed by atoms with Crippen LogP contribution in [-0.4, -0.2) is 18.5 Å². The summed E-state index contributed by atoms with van der Waals surface area (Å²) in [6, 6.07) is 0. The highest BCUT2D eigenvalue weighted by molar-refractivity contribution is 4.84. The van der Waals surface area contributed by atoms with Gasteiger partial charge >= 0.3 is 0 Å². The Morgan fingerprint density at radius 1 is 1.13 bits per heavy atom. The summed E-state index contributed by atoms with van der Waals surface area (Å²) in [6.07, 6.45) is -3.07. The van der Waals surface area contributed by atoms with E-state index in [0.717, 1.165) is 19.8 Å². The van der Waals surface area contributed by atoms with Crippen molar-refractivity contribution in [1.29, 1.82) is 0 Å². The van der Waals surface area contributed by atoms with E-state index >= 15 is 0 Å². The molecule has 90 valence electrons. The summed E-state index contributed by atoms with van der Waals surface area (Å²) in [4.78, 5) is 0. The zero-order valence-electron chi connectivity index (χ0n) is 9.72. The number of hydrogen-bond donors (Lipinski definition) is 0. The number of rotatable bonds is 4. The van der Waals surface area contributed by atoms with Crippen LogP contribution in [0.5, 0.6) is 0 Å². The molecule has 6 unspecified atom stereocenters. The summed E-state index contributed by atoms with van der Waals surface area (Å²) >= 11 is 0. The molecule has 0 bridgehead atoms. The summed E-state index contributed by atoms with van der Waals surface area (Å²) in [5, 5.41) is 0. The molecule has 0 saturated heterocycles. The van der Waals surface area contributed by atoms with Crippen molar-refractivity contribution in [2.24, 2.45) is 17.8 Å². The maximum atomic E-state index is 13.4. The molecule has 1 saturated carbocycles. The van der Waals surface area contributed by atoms with Crippen LogP contribution in [0.25, 0.3) is 0 Å². The predicted molar refractivity (Wildman–Crippen MR) is 56.0 cm³/mol. The van der Waals surface area contributed by atoms with E-state index in [1.54, 1.807) is 0 Å². The van der Waals surface area contributed by atoms with Crippen LogP contribution in [0, 0.1) is 17.8 Å². The van der Waals surface area contributed by atoms with Crippen molar-refractivity contribution in [3.8, 4) is 0 Å². The van der Waals surface area contributed by atoms with Gasteiger partial charge in [0.05, 0.1) is 0 Å². The quantitative estimate of drug-likeness (QED) is 0.672. The molecular weight excluding hydrogens is 201 g/mol. The van der Waals surface area contributed by atoms with Crippen LogP contribution in [0.15, 0.2) is 0 Å². The monoisotopic (exact) mass is 222 g/mol. The van der Waals surface area contributed by atoms with E-state index in [0.29, 0.717) is 11.8 Å². The van der Waals surface area contributed by atoms with E-state index in [9.17, 15) is 13.2 Å². The lowest BCUT2D eigenvalue weighted by Crippen LogP contribution is -2.28. The second kappa shape index (κ2) is 5.22. The highest BCUT2D eigenvalue weighted by atomic mass is 19.2. The fourth-order valence-corrected chi connectivity index (χ4v) is 2.71. The number of alkyl halides is 3. The molecule has 3 heteroatoms. The molecule has 0 N–H and O–H groups in total. The van der Waals surface area contributed by atoms with Crippen LogP contribution in [0.4, 0.5) is 13.2 Å². The van der Waals surface area contributed by atoms with Gasteiger partial charge in [0.25, 0.3) is 0 Å². The Morgan fingerprint density at radius 2 is 1.73 bits per heavy atom. The fourth-order valence-electron chi connectivity index (χ4n) is 2.71. The van der Waals surface area contributed by atoms with E-state index < -0.39 is 18.5 Å². The molecule has 6 atom stereocenters. The van der Waals surface area contributed by atoms with Gasteiger partial charge in [-0.1, -0.05) is 13.8 Å². The summed E-state index contributed by atoms with van der Waals surface area (Å²) in [6.45, 7) is 5.29. The van der Waals surface area contributed by atoms with Crippen molar-refractivity contribution < 1.29 is 13.2 Å². The normalized spacial score (nSPS) is 37.6. The molecule has 1 fully saturated rings. The third kappa shape index (κ3) is 3.39.